The zero-order valence-electron chi connectivity index (χ0n) is 8.44. The Labute approximate surface area is 97.2 Å². The van der Waals surface area contributed by atoms with Crippen molar-refractivity contribution in [1.29, 1.82) is 0 Å². The second-order valence-electron chi connectivity index (χ2n) is 3.60. The van der Waals surface area contributed by atoms with Crippen LogP contribution in [-0.2, 0) is 4.74 Å². The quantitative estimate of drug-likeness (QED) is 0.785. The first-order valence-corrected chi connectivity index (χ1v) is 5.64. The predicted octanol–water partition coefficient (Wildman–Crippen LogP) is 2.96. The molecular formula is C11H12BrNO2. The molecule has 15 heavy (non-hydrogen) atoms. The van der Waals surface area contributed by atoms with E-state index in [4.69, 9.17) is 4.74 Å². The van der Waals surface area contributed by atoms with Gasteiger partial charge >= 0.3 is 6.09 Å². The summed E-state index contributed by atoms with van der Waals surface area (Å²) < 4.78 is 6.32. The van der Waals surface area contributed by atoms with E-state index in [0.29, 0.717) is 0 Å². The van der Waals surface area contributed by atoms with Crippen LogP contribution < -0.4 is 0 Å². The third kappa shape index (κ3) is 2.15. The van der Waals surface area contributed by atoms with Crippen molar-refractivity contribution in [2.24, 2.45) is 0 Å². The number of hydrogen-bond donors (Lipinski definition) is 0. The van der Waals surface area contributed by atoms with E-state index in [1.807, 2.05) is 24.3 Å². The van der Waals surface area contributed by atoms with Gasteiger partial charge in [0.1, 0.15) is 6.10 Å². The van der Waals surface area contributed by atoms with Crippen LogP contribution in [0.1, 0.15) is 18.1 Å². The van der Waals surface area contributed by atoms with E-state index in [1.54, 1.807) is 11.9 Å². The molecule has 1 aromatic carbocycles. The maximum atomic E-state index is 11.4. The largest absolute Gasteiger partial charge is 0.441 e. The molecule has 0 aliphatic carbocycles. The van der Waals surface area contributed by atoms with Gasteiger partial charge in [-0.15, -0.1) is 0 Å². The number of ether oxygens (including phenoxy) is 1. The lowest BCUT2D eigenvalue weighted by molar-refractivity contribution is 0.0321. The van der Waals surface area contributed by atoms with Crippen molar-refractivity contribution in [3.8, 4) is 0 Å². The monoisotopic (exact) mass is 269 g/mol. The highest BCUT2D eigenvalue weighted by atomic mass is 79.9. The Bertz CT molecular complexity index is 381. The maximum absolute atomic E-state index is 11.4. The molecule has 1 fully saturated rings. The summed E-state index contributed by atoms with van der Waals surface area (Å²) in [7, 11) is 1.75. The van der Waals surface area contributed by atoms with Gasteiger partial charge in [-0.05, 0) is 6.07 Å². The van der Waals surface area contributed by atoms with Gasteiger partial charge in [0.05, 0.1) is 0 Å². The zero-order chi connectivity index (χ0) is 10.8. The first-order chi connectivity index (χ1) is 7.18. The molecule has 4 heteroatoms. The summed E-state index contributed by atoms with van der Waals surface area (Å²) in [5.74, 6) is 0. The van der Waals surface area contributed by atoms with Crippen LogP contribution >= 0.6 is 15.9 Å². The van der Waals surface area contributed by atoms with Gasteiger partial charge in [0.25, 0.3) is 0 Å². The van der Waals surface area contributed by atoms with E-state index in [-0.39, 0.29) is 12.2 Å². The number of benzene rings is 1. The molecule has 1 aliphatic heterocycles. The summed E-state index contributed by atoms with van der Waals surface area (Å²) in [5, 5.41) is 0. The van der Waals surface area contributed by atoms with E-state index in [9.17, 15) is 4.79 Å². The van der Waals surface area contributed by atoms with Gasteiger partial charge in [0.2, 0.25) is 0 Å². The average Bonchev–Trinajstić information content (AvgIpc) is 2.23. The number of amides is 1. The minimum atomic E-state index is -0.248. The van der Waals surface area contributed by atoms with Gasteiger partial charge < -0.3 is 9.64 Å². The number of rotatable bonds is 1. The fraction of sp³-hybridized carbons (Fsp3) is 0.364. The van der Waals surface area contributed by atoms with E-state index >= 15 is 0 Å². The second kappa shape index (κ2) is 4.23. The van der Waals surface area contributed by atoms with Crippen molar-refractivity contribution in [3.63, 3.8) is 0 Å². The van der Waals surface area contributed by atoms with E-state index in [1.165, 1.54) is 0 Å². The van der Waals surface area contributed by atoms with Crippen LogP contribution in [0.2, 0.25) is 0 Å². The Hall–Kier alpha value is -1.03. The van der Waals surface area contributed by atoms with Crippen LogP contribution in [0.15, 0.2) is 28.7 Å². The number of halogens is 1. The van der Waals surface area contributed by atoms with Crippen LogP contribution in [0.3, 0.4) is 0 Å². The third-order valence-corrected chi connectivity index (χ3v) is 3.26. The number of cyclic esters (lactones) is 1. The smallest absolute Gasteiger partial charge is 0.410 e. The van der Waals surface area contributed by atoms with Crippen LogP contribution in [0, 0.1) is 0 Å². The predicted molar refractivity (Wildman–Crippen MR) is 60.6 cm³/mol. The molecule has 1 heterocycles. The molecule has 0 saturated carbocycles. The maximum Gasteiger partial charge on any atom is 0.410 e. The molecule has 1 atom stereocenters. The third-order valence-electron chi connectivity index (χ3n) is 2.53. The van der Waals surface area contributed by atoms with Gasteiger partial charge in [-0.3, -0.25) is 0 Å². The fourth-order valence-corrected chi connectivity index (χ4v) is 2.17. The Morgan fingerprint density at radius 3 is 2.87 bits per heavy atom. The highest BCUT2D eigenvalue weighted by molar-refractivity contribution is 9.10. The lowest BCUT2D eigenvalue weighted by Crippen LogP contribution is -2.35. The SMILES string of the molecule is CN1CCC(c2ccccc2Br)OC1=O. The molecule has 0 aromatic heterocycles. The fourth-order valence-electron chi connectivity index (χ4n) is 1.63. The average molecular weight is 270 g/mol. The Morgan fingerprint density at radius 1 is 1.47 bits per heavy atom. The molecule has 1 saturated heterocycles. The van der Waals surface area contributed by atoms with Gasteiger partial charge in [-0.1, -0.05) is 34.1 Å². The molecule has 0 bridgehead atoms. The van der Waals surface area contributed by atoms with Crippen molar-refractivity contribution in [2.45, 2.75) is 12.5 Å². The topological polar surface area (TPSA) is 29.5 Å². The van der Waals surface area contributed by atoms with Crippen molar-refractivity contribution in [3.05, 3.63) is 34.3 Å². The Balaban J connectivity index is 2.19. The molecule has 0 spiro atoms. The molecule has 0 radical (unpaired) electrons. The molecule has 1 aliphatic rings. The van der Waals surface area contributed by atoms with Crippen LogP contribution in [-0.4, -0.2) is 24.6 Å². The van der Waals surface area contributed by atoms with Crippen molar-refractivity contribution < 1.29 is 9.53 Å². The second-order valence-corrected chi connectivity index (χ2v) is 4.46. The van der Waals surface area contributed by atoms with Crippen LogP contribution in [0.4, 0.5) is 4.79 Å². The highest BCUT2D eigenvalue weighted by Crippen LogP contribution is 2.31. The van der Waals surface area contributed by atoms with Crippen LogP contribution in [0.25, 0.3) is 0 Å². The van der Waals surface area contributed by atoms with Gasteiger partial charge in [-0.2, -0.15) is 0 Å². The molecule has 2 rings (SSSR count). The molecule has 3 nitrogen and oxygen atoms in total. The summed E-state index contributed by atoms with van der Waals surface area (Å²) in [6.45, 7) is 0.741. The number of hydrogen-bond acceptors (Lipinski definition) is 2. The summed E-state index contributed by atoms with van der Waals surface area (Å²) in [4.78, 5) is 13.0. The lowest BCUT2D eigenvalue weighted by atomic mass is 10.1. The van der Waals surface area contributed by atoms with Crippen molar-refractivity contribution in [2.75, 3.05) is 13.6 Å². The first-order valence-electron chi connectivity index (χ1n) is 4.84. The van der Waals surface area contributed by atoms with Crippen molar-refractivity contribution in [1.82, 2.24) is 4.90 Å². The minimum Gasteiger partial charge on any atom is -0.441 e. The van der Waals surface area contributed by atoms with Gasteiger partial charge in [0.15, 0.2) is 0 Å². The Morgan fingerprint density at radius 2 is 2.20 bits per heavy atom. The normalized spacial score (nSPS) is 21.3. The highest BCUT2D eigenvalue weighted by Gasteiger charge is 2.26. The lowest BCUT2D eigenvalue weighted by Gasteiger charge is -2.29. The summed E-state index contributed by atoms with van der Waals surface area (Å²) in [6.07, 6.45) is 0.469. The molecule has 0 N–H and O–H groups in total. The molecule has 1 unspecified atom stereocenters. The Kier molecular flexibility index (Phi) is 2.95. The molecule has 1 amide bonds. The van der Waals surface area contributed by atoms with Crippen molar-refractivity contribution >= 4 is 22.0 Å². The number of nitrogens with zero attached hydrogens (tertiary/aromatic N) is 1. The summed E-state index contributed by atoms with van der Waals surface area (Å²) >= 11 is 3.46. The molecule has 80 valence electrons. The number of carbonyl (C=O) groups is 1. The van der Waals surface area contributed by atoms with E-state index < -0.39 is 0 Å². The van der Waals surface area contributed by atoms with Crippen LogP contribution in [0.5, 0.6) is 0 Å². The molecular weight excluding hydrogens is 258 g/mol. The number of carbonyl (C=O) groups excluding carboxylic acids is 1. The standard InChI is InChI=1S/C11H12BrNO2/c1-13-7-6-10(15-11(13)14)8-4-2-3-5-9(8)12/h2-5,10H,6-7H2,1H3. The summed E-state index contributed by atoms with van der Waals surface area (Å²) in [6, 6.07) is 7.84. The van der Waals surface area contributed by atoms with E-state index in [2.05, 4.69) is 15.9 Å². The van der Waals surface area contributed by atoms with Gasteiger partial charge in [0, 0.05) is 30.0 Å². The zero-order valence-corrected chi connectivity index (χ0v) is 10.0. The van der Waals surface area contributed by atoms with Gasteiger partial charge in [-0.25, -0.2) is 4.79 Å². The molecule has 1 aromatic rings. The minimum absolute atomic E-state index is 0.121. The van der Waals surface area contributed by atoms with E-state index in [0.717, 1.165) is 23.0 Å². The first kappa shape index (κ1) is 10.5. The summed E-state index contributed by atoms with van der Waals surface area (Å²) in [5.41, 5.74) is 1.04.